The van der Waals surface area contributed by atoms with Gasteiger partial charge in [-0.3, -0.25) is 0 Å². The maximum atomic E-state index is 12.9. The van der Waals surface area contributed by atoms with E-state index in [9.17, 15) is 13.2 Å². The molecule has 2 aromatic rings. The summed E-state index contributed by atoms with van der Waals surface area (Å²) in [6.45, 7) is 0.274. The summed E-state index contributed by atoms with van der Waals surface area (Å²) in [5.74, 6) is 0.740. The predicted octanol–water partition coefficient (Wildman–Crippen LogP) is 2.61. The second-order valence-electron chi connectivity index (χ2n) is 4.68. The van der Waals surface area contributed by atoms with Gasteiger partial charge in [0.15, 0.2) is 5.69 Å². The van der Waals surface area contributed by atoms with Gasteiger partial charge in [0.2, 0.25) is 0 Å². The van der Waals surface area contributed by atoms with E-state index in [-0.39, 0.29) is 18.8 Å². The molecule has 0 radical (unpaired) electrons. The largest absolute Gasteiger partial charge is 0.494 e. The standard InChI is InChI=1S/C14H17F3N4O/c15-14(16,17)13-12(10-18)19-20-21(13)8-4-5-9-22-11-6-2-1-3-7-11/h1-3,6-7H,4-5,8-10,18H2. The van der Waals surface area contributed by atoms with Crippen LogP contribution in [0.3, 0.4) is 0 Å². The fourth-order valence-electron chi connectivity index (χ4n) is 2.02. The van der Waals surface area contributed by atoms with Crippen LogP contribution in [-0.4, -0.2) is 21.6 Å². The summed E-state index contributed by atoms with van der Waals surface area (Å²) in [6.07, 6.45) is -3.38. The Morgan fingerprint density at radius 3 is 2.50 bits per heavy atom. The number of hydrogen-bond acceptors (Lipinski definition) is 4. The van der Waals surface area contributed by atoms with E-state index in [1.807, 2.05) is 30.3 Å². The molecule has 2 rings (SSSR count). The van der Waals surface area contributed by atoms with Crippen molar-refractivity contribution in [1.29, 1.82) is 0 Å². The van der Waals surface area contributed by atoms with E-state index in [1.165, 1.54) is 0 Å². The molecule has 0 unspecified atom stereocenters. The second kappa shape index (κ2) is 7.26. The zero-order valence-electron chi connectivity index (χ0n) is 11.9. The summed E-state index contributed by atoms with van der Waals surface area (Å²) in [7, 11) is 0. The quantitative estimate of drug-likeness (QED) is 0.798. The zero-order chi connectivity index (χ0) is 16.0. The summed E-state index contributed by atoms with van der Waals surface area (Å²) in [5.41, 5.74) is 4.17. The highest BCUT2D eigenvalue weighted by atomic mass is 19.4. The summed E-state index contributed by atoms with van der Waals surface area (Å²) in [6, 6.07) is 9.24. The van der Waals surface area contributed by atoms with E-state index in [4.69, 9.17) is 10.5 Å². The molecule has 22 heavy (non-hydrogen) atoms. The molecule has 0 bridgehead atoms. The van der Waals surface area contributed by atoms with Crippen molar-refractivity contribution in [2.45, 2.75) is 32.1 Å². The monoisotopic (exact) mass is 314 g/mol. The Kier molecular flexibility index (Phi) is 5.37. The van der Waals surface area contributed by atoms with Gasteiger partial charge < -0.3 is 10.5 Å². The Bertz CT molecular complexity index is 584. The van der Waals surface area contributed by atoms with Crippen molar-refractivity contribution in [3.05, 3.63) is 41.7 Å². The van der Waals surface area contributed by atoms with Crippen LogP contribution >= 0.6 is 0 Å². The Balaban J connectivity index is 1.83. The average molecular weight is 314 g/mol. The van der Waals surface area contributed by atoms with Gasteiger partial charge in [-0.05, 0) is 25.0 Å². The number of nitrogens with two attached hydrogens (primary N) is 1. The Hall–Kier alpha value is -2.09. The molecule has 0 aliphatic carbocycles. The number of rotatable bonds is 7. The van der Waals surface area contributed by atoms with Crippen LogP contribution in [0, 0.1) is 0 Å². The van der Waals surface area contributed by atoms with Gasteiger partial charge in [-0.1, -0.05) is 23.4 Å². The lowest BCUT2D eigenvalue weighted by Crippen LogP contribution is -2.18. The molecule has 0 saturated heterocycles. The van der Waals surface area contributed by atoms with Gasteiger partial charge in [-0.2, -0.15) is 13.2 Å². The van der Waals surface area contributed by atoms with E-state index in [0.717, 1.165) is 10.4 Å². The highest BCUT2D eigenvalue weighted by molar-refractivity contribution is 5.20. The maximum absolute atomic E-state index is 12.9. The number of aryl methyl sites for hydroxylation is 1. The lowest BCUT2D eigenvalue weighted by atomic mass is 10.2. The maximum Gasteiger partial charge on any atom is 0.434 e. The van der Waals surface area contributed by atoms with Crippen LogP contribution < -0.4 is 10.5 Å². The smallest absolute Gasteiger partial charge is 0.434 e. The number of nitrogens with zero attached hydrogens (tertiary/aromatic N) is 3. The van der Waals surface area contributed by atoms with E-state index >= 15 is 0 Å². The Labute approximate surface area is 125 Å². The molecule has 2 N–H and O–H groups in total. The van der Waals surface area contributed by atoms with Crippen molar-refractivity contribution in [2.24, 2.45) is 5.73 Å². The molecule has 5 nitrogen and oxygen atoms in total. The first kappa shape index (κ1) is 16.3. The predicted molar refractivity (Wildman–Crippen MR) is 74.1 cm³/mol. The van der Waals surface area contributed by atoms with Gasteiger partial charge in [-0.15, -0.1) is 5.10 Å². The molecule has 0 aliphatic rings. The molecule has 8 heteroatoms. The van der Waals surface area contributed by atoms with Gasteiger partial charge in [-0.25, -0.2) is 4.68 Å². The van der Waals surface area contributed by atoms with Crippen LogP contribution in [0.2, 0.25) is 0 Å². The van der Waals surface area contributed by atoms with E-state index in [0.29, 0.717) is 19.4 Å². The number of halogens is 3. The molecular weight excluding hydrogens is 297 g/mol. The van der Waals surface area contributed by atoms with E-state index in [1.54, 1.807) is 0 Å². The number of alkyl halides is 3. The molecule has 0 fully saturated rings. The lowest BCUT2D eigenvalue weighted by molar-refractivity contribution is -0.144. The van der Waals surface area contributed by atoms with Crippen molar-refractivity contribution in [3.8, 4) is 5.75 Å². The summed E-state index contributed by atoms with van der Waals surface area (Å²) in [4.78, 5) is 0. The first-order valence-electron chi connectivity index (χ1n) is 6.90. The molecule has 120 valence electrons. The minimum atomic E-state index is -4.50. The first-order valence-corrected chi connectivity index (χ1v) is 6.90. The normalized spacial score (nSPS) is 11.6. The van der Waals surface area contributed by atoms with Crippen LogP contribution in [0.15, 0.2) is 30.3 Å². The van der Waals surface area contributed by atoms with Crippen molar-refractivity contribution in [3.63, 3.8) is 0 Å². The number of benzene rings is 1. The number of ether oxygens (including phenoxy) is 1. The van der Waals surface area contributed by atoms with Crippen LogP contribution in [0.25, 0.3) is 0 Å². The fourth-order valence-corrected chi connectivity index (χ4v) is 2.02. The summed E-state index contributed by atoms with van der Waals surface area (Å²) >= 11 is 0. The van der Waals surface area contributed by atoms with Crippen LogP contribution in [0.5, 0.6) is 5.75 Å². The van der Waals surface area contributed by atoms with Crippen molar-refractivity contribution in [1.82, 2.24) is 15.0 Å². The van der Waals surface area contributed by atoms with Gasteiger partial charge in [0.1, 0.15) is 11.4 Å². The van der Waals surface area contributed by atoms with Gasteiger partial charge >= 0.3 is 6.18 Å². The molecule has 1 aromatic carbocycles. The van der Waals surface area contributed by atoms with Crippen molar-refractivity contribution in [2.75, 3.05) is 6.61 Å². The number of unbranched alkanes of at least 4 members (excludes halogenated alkanes) is 1. The van der Waals surface area contributed by atoms with Crippen molar-refractivity contribution >= 4 is 0 Å². The topological polar surface area (TPSA) is 66.0 Å². The van der Waals surface area contributed by atoms with Gasteiger partial charge in [0.25, 0.3) is 0 Å². The molecule has 0 aliphatic heterocycles. The second-order valence-corrected chi connectivity index (χ2v) is 4.68. The number of aromatic nitrogens is 3. The highest BCUT2D eigenvalue weighted by Crippen LogP contribution is 2.31. The van der Waals surface area contributed by atoms with Gasteiger partial charge in [0.05, 0.1) is 6.61 Å². The SMILES string of the molecule is NCc1nnn(CCCCOc2ccccc2)c1C(F)(F)F. The van der Waals surface area contributed by atoms with Gasteiger partial charge in [0, 0.05) is 13.1 Å². The molecule has 0 saturated carbocycles. The highest BCUT2D eigenvalue weighted by Gasteiger charge is 2.38. The minimum Gasteiger partial charge on any atom is -0.494 e. The first-order chi connectivity index (χ1) is 10.5. The zero-order valence-corrected chi connectivity index (χ0v) is 11.9. The van der Waals surface area contributed by atoms with Crippen molar-refractivity contribution < 1.29 is 17.9 Å². The molecule has 0 amide bonds. The van der Waals surface area contributed by atoms with Crippen LogP contribution in [0.4, 0.5) is 13.2 Å². The Morgan fingerprint density at radius 2 is 1.86 bits per heavy atom. The van der Waals surface area contributed by atoms with E-state index < -0.39 is 11.9 Å². The van der Waals surface area contributed by atoms with Crippen LogP contribution in [-0.2, 0) is 19.3 Å². The average Bonchev–Trinajstić information content (AvgIpc) is 2.91. The molecular formula is C14H17F3N4O. The third kappa shape index (κ3) is 4.20. The molecule has 1 heterocycles. The third-order valence-corrected chi connectivity index (χ3v) is 3.04. The van der Waals surface area contributed by atoms with E-state index in [2.05, 4.69) is 10.3 Å². The minimum absolute atomic E-state index is 0.125. The Morgan fingerprint density at radius 1 is 1.14 bits per heavy atom. The molecule has 0 atom stereocenters. The molecule has 1 aromatic heterocycles. The lowest BCUT2D eigenvalue weighted by Gasteiger charge is -2.11. The summed E-state index contributed by atoms with van der Waals surface area (Å²) in [5, 5.41) is 7.02. The third-order valence-electron chi connectivity index (χ3n) is 3.04. The molecule has 0 spiro atoms. The number of hydrogen-bond donors (Lipinski definition) is 1. The van der Waals surface area contributed by atoms with Crippen LogP contribution in [0.1, 0.15) is 24.2 Å². The summed E-state index contributed by atoms with van der Waals surface area (Å²) < 4.78 is 45.2. The fraction of sp³-hybridized carbons (Fsp3) is 0.429. The number of para-hydroxylation sites is 1.